The molecule has 0 amide bonds. The van der Waals surface area contributed by atoms with Crippen molar-refractivity contribution >= 4 is 20.4 Å². The van der Waals surface area contributed by atoms with Crippen LogP contribution in [0.15, 0.2) is 25.3 Å². The molecule has 0 rings (SSSR count). The van der Waals surface area contributed by atoms with Gasteiger partial charge >= 0.3 is 0 Å². The van der Waals surface area contributed by atoms with E-state index in [-0.39, 0.29) is 16.8 Å². The van der Waals surface area contributed by atoms with E-state index in [2.05, 4.69) is 13.2 Å². The van der Waals surface area contributed by atoms with Crippen LogP contribution < -0.4 is 0 Å². The van der Waals surface area contributed by atoms with Crippen LogP contribution in [0.3, 0.4) is 0 Å². The average molecular weight is 203 g/mol. The second-order valence-electron chi connectivity index (χ2n) is 0.471. The number of carbonyl (C=O) groups excluding carboxylic acids is 3. The van der Waals surface area contributed by atoms with Crippen LogP contribution in [0.25, 0.3) is 0 Å². The van der Waals surface area contributed by atoms with Gasteiger partial charge in [0.1, 0.15) is 20.4 Å². The van der Waals surface area contributed by atoms with Crippen LogP contribution in [-0.2, 0) is 31.2 Å². The zero-order chi connectivity index (χ0) is 9.41. The molecule has 1 radical (unpaired) electrons. The van der Waals surface area contributed by atoms with Crippen molar-refractivity contribution in [3.63, 3.8) is 0 Å². The third kappa shape index (κ3) is 35800000. The van der Waals surface area contributed by atoms with Crippen LogP contribution in [0, 0.1) is 0 Å². The van der Waals surface area contributed by atoms with Crippen molar-refractivity contribution < 1.29 is 31.2 Å². The minimum absolute atomic E-state index is 0. The number of hydrogen-bond donors (Lipinski definition) is 0. The summed E-state index contributed by atoms with van der Waals surface area (Å²) in [4.78, 5) is 24.0. The average Bonchev–Trinajstić information content (AvgIpc) is 2.14. The molecule has 4 heteroatoms. The van der Waals surface area contributed by atoms with E-state index in [0.717, 1.165) is 0 Å². The van der Waals surface area contributed by atoms with Gasteiger partial charge in [-0.15, -0.1) is 0 Å². The van der Waals surface area contributed by atoms with E-state index < -0.39 is 0 Å². The SMILES string of the molecule is C=CC=C.C=O.C=O.C=O.[Co]. The Hall–Kier alpha value is -1.00. The van der Waals surface area contributed by atoms with Gasteiger partial charge in [0.05, 0.1) is 0 Å². The first-order valence-electron chi connectivity index (χ1n) is 2.02. The van der Waals surface area contributed by atoms with Crippen molar-refractivity contribution in [2.24, 2.45) is 0 Å². The van der Waals surface area contributed by atoms with Gasteiger partial charge in [-0.3, -0.25) is 0 Å². The van der Waals surface area contributed by atoms with Gasteiger partial charge in [-0.1, -0.05) is 25.3 Å². The Morgan fingerprint density at radius 1 is 0.636 bits per heavy atom. The van der Waals surface area contributed by atoms with Crippen LogP contribution in [0.4, 0.5) is 0 Å². The Balaban J connectivity index is -0.0000000152. The summed E-state index contributed by atoms with van der Waals surface area (Å²) in [7, 11) is 0. The van der Waals surface area contributed by atoms with Gasteiger partial charge in [-0.05, 0) is 0 Å². The number of carbonyl (C=O) groups is 3. The van der Waals surface area contributed by atoms with Crippen LogP contribution >= 0.6 is 0 Å². The largest absolute Gasteiger partial charge is 0.307 e. The summed E-state index contributed by atoms with van der Waals surface area (Å²) in [5.74, 6) is 0. The molecule has 0 fully saturated rings. The molecule has 0 aliphatic rings. The van der Waals surface area contributed by atoms with Gasteiger partial charge in [0.15, 0.2) is 0 Å². The first-order chi connectivity index (χ1) is 4.91. The molecule has 0 saturated carbocycles. The maximum absolute atomic E-state index is 8.00. The molecule has 0 aliphatic heterocycles. The molecule has 0 aromatic rings. The molecule has 0 spiro atoms. The molecule has 3 nitrogen and oxygen atoms in total. The molecular weight excluding hydrogens is 191 g/mol. The maximum Gasteiger partial charge on any atom is 0.106 e. The van der Waals surface area contributed by atoms with Crippen LogP contribution in [0.5, 0.6) is 0 Å². The topological polar surface area (TPSA) is 51.2 Å². The summed E-state index contributed by atoms with van der Waals surface area (Å²) >= 11 is 0. The van der Waals surface area contributed by atoms with Crippen molar-refractivity contribution in [1.29, 1.82) is 0 Å². The van der Waals surface area contributed by atoms with E-state index in [4.69, 9.17) is 14.4 Å². The Bertz CT molecular complexity index is 56.0. The monoisotopic (exact) mass is 203 g/mol. The molecule has 0 aromatic carbocycles. The zero-order valence-electron chi connectivity index (χ0n) is 6.25. The second kappa shape index (κ2) is 579. The summed E-state index contributed by atoms with van der Waals surface area (Å²) < 4.78 is 0. The van der Waals surface area contributed by atoms with E-state index in [1.807, 2.05) is 20.4 Å². The van der Waals surface area contributed by atoms with Crippen molar-refractivity contribution in [2.75, 3.05) is 0 Å². The minimum atomic E-state index is 0. The third-order valence-corrected chi connectivity index (χ3v) is 0.167. The van der Waals surface area contributed by atoms with Gasteiger partial charge in [0.2, 0.25) is 0 Å². The molecule has 11 heavy (non-hydrogen) atoms. The molecular formula is C7H12CoO3. The van der Waals surface area contributed by atoms with Gasteiger partial charge in [0.25, 0.3) is 0 Å². The Morgan fingerprint density at radius 3 is 0.727 bits per heavy atom. The first-order valence-corrected chi connectivity index (χ1v) is 2.02. The zero-order valence-corrected chi connectivity index (χ0v) is 7.29. The molecule has 0 heterocycles. The molecule has 0 unspecified atom stereocenters. The van der Waals surface area contributed by atoms with E-state index in [0.29, 0.717) is 0 Å². The second-order valence-corrected chi connectivity index (χ2v) is 0.471. The molecule has 0 N–H and O–H groups in total. The quantitative estimate of drug-likeness (QED) is 0.592. The number of hydrogen-bond acceptors (Lipinski definition) is 3. The molecule has 0 saturated heterocycles. The fourth-order valence-corrected chi connectivity index (χ4v) is 0. The number of rotatable bonds is 1. The van der Waals surface area contributed by atoms with E-state index in [1.54, 1.807) is 12.2 Å². The molecule has 0 bridgehead atoms. The van der Waals surface area contributed by atoms with E-state index in [1.165, 1.54) is 0 Å². The Morgan fingerprint density at radius 2 is 0.727 bits per heavy atom. The summed E-state index contributed by atoms with van der Waals surface area (Å²) in [5.41, 5.74) is 0. The fraction of sp³-hybridized carbons (Fsp3) is 0. The number of allylic oxidation sites excluding steroid dienone is 2. The summed E-state index contributed by atoms with van der Waals surface area (Å²) in [6, 6.07) is 0. The van der Waals surface area contributed by atoms with E-state index in [9.17, 15) is 0 Å². The fourth-order valence-electron chi connectivity index (χ4n) is 0. The van der Waals surface area contributed by atoms with Crippen molar-refractivity contribution in [3.05, 3.63) is 25.3 Å². The predicted molar refractivity (Wildman–Crippen MR) is 41.8 cm³/mol. The van der Waals surface area contributed by atoms with Gasteiger partial charge in [-0.25, -0.2) is 0 Å². The standard InChI is InChI=1S/C4H6.3CH2O.Co/c1-3-4-2;3*1-2;/h3-4H,1-2H2;3*1H2;. The first kappa shape index (κ1) is 32.4. The summed E-state index contributed by atoms with van der Waals surface area (Å²) in [6.45, 7) is 12.7. The van der Waals surface area contributed by atoms with Crippen LogP contribution in [0.2, 0.25) is 0 Å². The van der Waals surface area contributed by atoms with Gasteiger partial charge < -0.3 is 14.4 Å². The van der Waals surface area contributed by atoms with Crippen molar-refractivity contribution in [1.82, 2.24) is 0 Å². The van der Waals surface area contributed by atoms with Gasteiger partial charge in [-0.2, -0.15) is 0 Å². The summed E-state index contributed by atoms with van der Waals surface area (Å²) in [5, 5.41) is 0. The van der Waals surface area contributed by atoms with Crippen molar-refractivity contribution in [3.8, 4) is 0 Å². The maximum atomic E-state index is 8.00. The van der Waals surface area contributed by atoms with Crippen LogP contribution in [0.1, 0.15) is 0 Å². The third-order valence-electron chi connectivity index (χ3n) is 0.167. The minimum Gasteiger partial charge on any atom is -0.307 e. The van der Waals surface area contributed by atoms with Gasteiger partial charge in [0, 0.05) is 16.8 Å². The van der Waals surface area contributed by atoms with Crippen molar-refractivity contribution in [2.45, 2.75) is 0 Å². The molecule has 0 aliphatic carbocycles. The van der Waals surface area contributed by atoms with Crippen LogP contribution in [-0.4, -0.2) is 20.4 Å². The molecule has 0 atom stereocenters. The predicted octanol–water partition coefficient (Wildman–Crippen LogP) is 0.801. The Kier molecular flexibility index (Phi) is 1710. The molecule has 67 valence electrons. The normalized spacial score (nSPS) is 2.91. The molecule has 0 aromatic heterocycles. The summed E-state index contributed by atoms with van der Waals surface area (Å²) in [6.07, 6.45) is 3.28. The Labute approximate surface area is 77.4 Å². The van der Waals surface area contributed by atoms with E-state index >= 15 is 0 Å². The smallest absolute Gasteiger partial charge is 0.106 e.